The van der Waals surface area contributed by atoms with Gasteiger partial charge in [-0.15, -0.1) is 24.0 Å². The van der Waals surface area contributed by atoms with E-state index < -0.39 is 0 Å². The summed E-state index contributed by atoms with van der Waals surface area (Å²) in [5.41, 5.74) is 4.90. The van der Waals surface area contributed by atoms with Gasteiger partial charge < -0.3 is 19.7 Å². The number of aromatic nitrogens is 3. The molecule has 176 valence electrons. The molecule has 1 aliphatic rings. The number of nitrogens with one attached hydrogen (secondary N) is 1. The van der Waals surface area contributed by atoms with Gasteiger partial charge in [0.25, 0.3) is 0 Å². The standard InChI is InChI=1S/C24H30N6O2.HI/c1-4-26-24(27-13-18-6-5-7-19(10-18)14-30-17-25-16-28-30)29-9-8-20-11-22(31-2)23(32-3)12-21(20)15-29;/h5-7,10-12,16-17H,4,8-9,13-15H2,1-3H3,(H,26,27);1H. The van der Waals surface area contributed by atoms with Gasteiger partial charge in [-0.2, -0.15) is 5.10 Å². The Labute approximate surface area is 212 Å². The van der Waals surface area contributed by atoms with E-state index >= 15 is 0 Å². The van der Waals surface area contributed by atoms with E-state index in [2.05, 4.69) is 63.6 Å². The molecule has 0 bridgehead atoms. The summed E-state index contributed by atoms with van der Waals surface area (Å²) in [5, 5.41) is 7.64. The molecular formula is C24H31IN6O2. The van der Waals surface area contributed by atoms with Gasteiger partial charge in [0.2, 0.25) is 0 Å². The number of hydrogen-bond acceptors (Lipinski definition) is 5. The molecule has 9 heteroatoms. The fourth-order valence-corrected chi connectivity index (χ4v) is 3.98. The third-order valence-electron chi connectivity index (χ3n) is 5.57. The summed E-state index contributed by atoms with van der Waals surface area (Å²) in [6, 6.07) is 12.6. The first kappa shape index (κ1) is 24.8. The Balaban J connectivity index is 0.00000306. The summed E-state index contributed by atoms with van der Waals surface area (Å²) in [5.74, 6) is 2.47. The highest BCUT2D eigenvalue weighted by atomic mass is 127. The van der Waals surface area contributed by atoms with Gasteiger partial charge in [0, 0.05) is 19.6 Å². The van der Waals surface area contributed by atoms with E-state index in [1.165, 1.54) is 22.3 Å². The molecule has 1 aliphatic heterocycles. The summed E-state index contributed by atoms with van der Waals surface area (Å²) in [4.78, 5) is 11.2. The third kappa shape index (κ3) is 6.16. The van der Waals surface area contributed by atoms with Crippen LogP contribution in [0.5, 0.6) is 11.5 Å². The van der Waals surface area contributed by atoms with E-state index in [-0.39, 0.29) is 24.0 Å². The van der Waals surface area contributed by atoms with Gasteiger partial charge in [0.15, 0.2) is 17.5 Å². The van der Waals surface area contributed by atoms with Crippen LogP contribution >= 0.6 is 24.0 Å². The van der Waals surface area contributed by atoms with Gasteiger partial charge in [-0.1, -0.05) is 24.3 Å². The highest BCUT2D eigenvalue weighted by Crippen LogP contribution is 2.33. The van der Waals surface area contributed by atoms with Crippen molar-refractivity contribution in [3.05, 3.63) is 71.3 Å². The average molecular weight is 562 g/mol. The van der Waals surface area contributed by atoms with Crippen LogP contribution in [0.4, 0.5) is 0 Å². The fourth-order valence-electron chi connectivity index (χ4n) is 3.98. The van der Waals surface area contributed by atoms with Crippen molar-refractivity contribution in [3.8, 4) is 11.5 Å². The van der Waals surface area contributed by atoms with Crippen molar-refractivity contribution in [1.82, 2.24) is 25.0 Å². The number of hydrogen-bond donors (Lipinski definition) is 1. The molecule has 0 atom stereocenters. The number of fused-ring (bicyclic) bond motifs is 1. The molecular weight excluding hydrogens is 531 g/mol. The molecule has 2 heterocycles. The molecule has 0 saturated carbocycles. The van der Waals surface area contributed by atoms with Crippen molar-refractivity contribution >= 4 is 29.9 Å². The Morgan fingerprint density at radius 2 is 1.85 bits per heavy atom. The smallest absolute Gasteiger partial charge is 0.194 e. The SMILES string of the molecule is CCNC(=NCc1cccc(Cn2cncn2)c1)N1CCc2cc(OC)c(OC)cc2C1.I. The molecule has 0 saturated heterocycles. The fraction of sp³-hybridized carbons (Fsp3) is 0.375. The lowest BCUT2D eigenvalue weighted by Crippen LogP contribution is -2.44. The zero-order chi connectivity index (χ0) is 22.3. The minimum absolute atomic E-state index is 0. The Bertz CT molecular complexity index is 1070. The predicted octanol–water partition coefficient (Wildman–Crippen LogP) is 3.49. The van der Waals surface area contributed by atoms with Crippen LogP contribution in [0.25, 0.3) is 0 Å². The van der Waals surface area contributed by atoms with Crippen molar-refractivity contribution in [2.45, 2.75) is 33.0 Å². The van der Waals surface area contributed by atoms with E-state index in [1.807, 2.05) is 4.68 Å². The van der Waals surface area contributed by atoms with Crippen LogP contribution in [-0.4, -0.2) is 52.9 Å². The molecule has 4 rings (SSSR count). The van der Waals surface area contributed by atoms with Crippen LogP contribution in [0.3, 0.4) is 0 Å². The van der Waals surface area contributed by atoms with Gasteiger partial charge in [-0.3, -0.25) is 0 Å². The second-order valence-electron chi connectivity index (χ2n) is 7.73. The number of nitrogens with zero attached hydrogens (tertiary/aromatic N) is 5. The predicted molar refractivity (Wildman–Crippen MR) is 139 cm³/mol. The van der Waals surface area contributed by atoms with E-state index in [0.717, 1.165) is 43.5 Å². The van der Waals surface area contributed by atoms with E-state index in [0.29, 0.717) is 13.1 Å². The van der Waals surface area contributed by atoms with Gasteiger partial charge in [0.1, 0.15) is 12.7 Å². The molecule has 33 heavy (non-hydrogen) atoms. The topological polar surface area (TPSA) is 76.8 Å². The first-order chi connectivity index (χ1) is 15.7. The minimum Gasteiger partial charge on any atom is -0.493 e. The van der Waals surface area contributed by atoms with Gasteiger partial charge >= 0.3 is 0 Å². The molecule has 3 aromatic rings. The first-order valence-electron chi connectivity index (χ1n) is 10.9. The number of halogens is 1. The molecule has 1 N–H and O–H groups in total. The maximum Gasteiger partial charge on any atom is 0.194 e. The average Bonchev–Trinajstić information content (AvgIpc) is 3.33. The van der Waals surface area contributed by atoms with Gasteiger partial charge in [-0.05, 0) is 47.7 Å². The second kappa shape index (κ2) is 11.9. The summed E-state index contributed by atoms with van der Waals surface area (Å²) in [7, 11) is 3.35. The summed E-state index contributed by atoms with van der Waals surface area (Å²) in [6.45, 7) is 5.92. The van der Waals surface area contributed by atoms with Crippen molar-refractivity contribution in [1.29, 1.82) is 0 Å². The van der Waals surface area contributed by atoms with Crippen molar-refractivity contribution < 1.29 is 9.47 Å². The lowest BCUT2D eigenvalue weighted by atomic mass is 9.99. The van der Waals surface area contributed by atoms with E-state index in [4.69, 9.17) is 14.5 Å². The second-order valence-corrected chi connectivity index (χ2v) is 7.73. The number of rotatable bonds is 7. The Hall–Kier alpha value is -2.82. The van der Waals surface area contributed by atoms with Crippen LogP contribution in [-0.2, 0) is 26.1 Å². The molecule has 0 unspecified atom stereocenters. The molecule has 0 spiro atoms. The number of methoxy groups -OCH3 is 2. The van der Waals surface area contributed by atoms with Crippen molar-refractivity contribution in [2.24, 2.45) is 4.99 Å². The van der Waals surface area contributed by atoms with Crippen LogP contribution in [0.2, 0.25) is 0 Å². The highest BCUT2D eigenvalue weighted by Gasteiger charge is 2.21. The minimum atomic E-state index is 0. The van der Waals surface area contributed by atoms with E-state index in [9.17, 15) is 0 Å². The Morgan fingerprint density at radius 3 is 2.55 bits per heavy atom. The monoisotopic (exact) mass is 562 g/mol. The zero-order valence-electron chi connectivity index (χ0n) is 19.3. The number of aliphatic imine (C=N–C) groups is 1. The maximum absolute atomic E-state index is 5.50. The summed E-state index contributed by atoms with van der Waals surface area (Å²) in [6.07, 6.45) is 4.22. The Morgan fingerprint density at radius 1 is 1.09 bits per heavy atom. The number of ether oxygens (including phenoxy) is 2. The lowest BCUT2D eigenvalue weighted by Gasteiger charge is -2.32. The molecule has 0 aliphatic carbocycles. The van der Waals surface area contributed by atoms with Crippen LogP contribution in [0, 0.1) is 0 Å². The Kier molecular flexibility index (Phi) is 8.93. The van der Waals surface area contributed by atoms with Gasteiger partial charge in [0.05, 0.1) is 27.3 Å². The lowest BCUT2D eigenvalue weighted by molar-refractivity contribution is 0.346. The molecule has 0 amide bonds. The van der Waals surface area contributed by atoms with Crippen LogP contribution < -0.4 is 14.8 Å². The highest BCUT2D eigenvalue weighted by molar-refractivity contribution is 14.0. The largest absolute Gasteiger partial charge is 0.493 e. The summed E-state index contributed by atoms with van der Waals surface area (Å²) < 4.78 is 12.8. The number of benzene rings is 2. The molecule has 1 aromatic heterocycles. The number of guanidine groups is 1. The molecule has 0 fully saturated rings. The first-order valence-corrected chi connectivity index (χ1v) is 10.9. The zero-order valence-corrected chi connectivity index (χ0v) is 21.7. The van der Waals surface area contributed by atoms with Gasteiger partial charge in [-0.25, -0.2) is 14.7 Å². The summed E-state index contributed by atoms with van der Waals surface area (Å²) >= 11 is 0. The van der Waals surface area contributed by atoms with E-state index in [1.54, 1.807) is 26.9 Å². The van der Waals surface area contributed by atoms with Crippen molar-refractivity contribution in [3.63, 3.8) is 0 Å². The maximum atomic E-state index is 5.50. The van der Waals surface area contributed by atoms with Crippen molar-refractivity contribution in [2.75, 3.05) is 27.3 Å². The van der Waals surface area contributed by atoms with Crippen LogP contribution in [0.1, 0.15) is 29.2 Å². The molecule has 0 radical (unpaired) electrons. The molecule has 2 aromatic carbocycles. The third-order valence-corrected chi connectivity index (χ3v) is 5.57. The molecule has 8 nitrogen and oxygen atoms in total. The normalized spacial score (nSPS) is 13.2. The van der Waals surface area contributed by atoms with Crippen LogP contribution in [0.15, 0.2) is 54.0 Å². The quantitative estimate of drug-likeness (QED) is 0.270.